The number of hydrogen-bond donors (Lipinski definition) is 1. The summed E-state index contributed by atoms with van der Waals surface area (Å²) in [5.74, 6) is 0. The van der Waals surface area contributed by atoms with Crippen LogP contribution in [0.5, 0.6) is 0 Å². The van der Waals surface area contributed by atoms with Gasteiger partial charge in [-0.25, -0.2) is 9.97 Å². The van der Waals surface area contributed by atoms with Crippen molar-refractivity contribution in [3.8, 4) is 0 Å². The predicted octanol–water partition coefficient (Wildman–Crippen LogP) is 0.841. The van der Waals surface area contributed by atoms with Crippen LogP contribution in [0.4, 0.5) is 0 Å². The van der Waals surface area contributed by atoms with Crippen molar-refractivity contribution in [3.63, 3.8) is 0 Å². The first-order valence-electron chi connectivity index (χ1n) is 4.13. The van der Waals surface area contributed by atoms with E-state index in [9.17, 15) is 4.79 Å². The van der Waals surface area contributed by atoms with Crippen LogP contribution >= 0.6 is 0 Å². The third-order valence-electron chi connectivity index (χ3n) is 1.98. The maximum absolute atomic E-state index is 11.5. The summed E-state index contributed by atoms with van der Waals surface area (Å²) in [5, 5.41) is 0.698. The van der Waals surface area contributed by atoms with Crippen LogP contribution in [-0.2, 0) is 12.6 Å². The van der Waals surface area contributed by atoms with E-state index in [0.717, 1.165) is 11.3 Å². The molecule has 5 heteroatoms. The maximum atomic E-state index is 11.5. The molecule has 2 heterocycles. The molecule has 14 heavy (non-hydrogen) atoms. The minimum absolute atomic E-state index is 0.181. The molecule has 0 unspecified atom stereocenters. The van der Waals surface area contributed by atoms with E-state index in [1.807, 2.05) is 19.9 Å². The van der Waals surface area contributed by atoms with Gasteiger partial charge in [0.2, 0.25) is 0 Å². The van der Waals surface area contributed by atoms with Gasteiger partial charge in [0, 0.05) is 5.69 Å². The Morgan fingerprint density at radius 1 is 1.36 bits per heavy atom. The number of nitrogens with zero attached hydrogens (tertiary/aromatic N) is 2. The lowest BCUT2D eigenvalue weighted by Crippen LogP contribution is -2.11. The highest BCUT2D eigenvalue weighted by atomic mass is 32.1. The number of pyridine rings is 1. The number of H-pyrrole nitrogens is 1. The summed E-state index contributed by atoms with van der Waals surface area (Å²) >= 11 is 4.81. The predicted molar refractivity (Wildman–Crippen MR) is 55.3 cm³/mol. The van der Waals surface area contributed by atoms with Crippen LogP contribution in [0.25, 0.3) is 11.0 Å². The van der Waals surface area contributed by atoms with Gasteiger partial charge in [0.05, 0.1) is 5.39 Å². The van der Waals surface area contributed by atoms with E-state index < -0.39 is 0 Å². The molecule has 4 nitrogen and oxygen atoms in total. The van der Waals surface area contributed by atoms with Crippen molar-refractivity contribution in [1.82, 2.24) is 15.0 Å². The van der Waals surface area contributed by atoms with Gasteiger partial charge in [-0.1, -0.05) is 0 Å². The maximum Gasteiger partial charge on any atom is 0.259 e. The molecule has 72 valence electrons. The van der Waals surface area contributed by atoms with Crippen molar-refractivity contribution in [3.05, 3.63) is 27.7 Å². The van der Waals surface area contributed by atoms with E-state index in [-0.39, 0.29) is 10.7 Å². The average Bonchev–Trinajstić information content (AvgIpc) is 1.99. The van der Waals surface area contributed by atoms with Gasteiger partial charge in [-0.3, -0.25) is 4.79 Å². The zero-order chi connectivity index (χ0) is 10.3. The summed E-state index contributed by atoms with van der Waals surface area (Å²) in [6.07, 6.45) is 0. The van der Waals surface area contributed by atoms with E-state index in [2.05, 4.69) is 15.0 Å². The second kappa shape index (κ2) is 3.02. The van der Waals surface area contributed by atoms with Crippen LogP contribution in [0, 0.1) is 13.8 Å². The fourth-order valence-electron chi connectivity index (χ4n) is 1.46. The van der Waals surface area contributed by atoms with Crippen molar-refractivity contribution in [2.24, 2.45) is 0 Å². The molecule has 1 N–H and O–H groups in total. The summed E-state index contributed by atoms with van der Waals surface area (Å²) in [6, 6.07) is 1.85. The molecular formula is C9H8N3OS-. The van der Waals surface area contributed by atoms with Crippen molar-refractivity contribution < 1.29 is 0 Å². The molecule has 0 aliphatic carbocycles. The minimum Gasteiger partial charge on any atom is -0.742 e. The average molecular weight is 206 g/mol. The lowest BCUT2D eigenvalue weighted by Gasteiger charge is -2.06. The van der Waals surface area contributed by atoms with E-state index in [1.54, 1.807) is 0 Å². The fraction of sp³-hybridized carbons (Fsp3) is 0.222. The highest BCUT2D eigenvalue weighted by molar-refractivity contribution is 7.58. The van der Waals surface area contributed by atoms with E-state index in [1.165, 1.54) is 0 Å². The molecule has 2 aromatic rings. The molecule has 2 aromatic heterocycles. The molecule has 0 aromatic carbocycles. The molecule has 0 aliphatic heterocycles. The van der Waals surface area contributed by atoms with Crippen LogP contribution in [-0.4, -0.2) is 15.0 Å². The highest BCUT2D eigenvalue weighted by Crippen LogP contribution is 2.11. The van der Waals surface area contributed by atoms with Gasteiger partial charge < -0.3 is 17.6 Å². The van der Waals surface area contributed by atoms with Gasteiger partial charge in [-0.2, -0.15) is 0 Å². The van der Waals surface area contributed by atoms with Crippen molar-refractivity contribution in [2.45, 2.75) is 19.0 Å². The van der Waals surface area contributed by atoms with Crippen molar-refractivity contribution >= 4 is 23.7 Å². The van der Waals surface area contributed by atoms with Crippen molar-refractivity contribution in [1.29, 1.82) is 0 Å². The number of rotatable bonds is 0. The van der Waals surface area contributed by atoms with Gasteiger partial charge in [0.1, 0.15) is 0 Å². The second-order valence-electron chi connectivity index (χ2n) is 3.15. The number of nitrogens with one attached hydrogen (secondary N) is 1. The first-order valence-corrected chi connectivity index (χ1v) is 4.54. The van der Waals surface area contributed by atoms with Crippen LogP contribution in [0.15, 0.2) is 16.0 Å². The summed E-state index contributed by atoms with van der Waals surface area (Å²) in [4.78, 5) is 22.2. The zero-order valence-electron chi connectivity index (χ0n) is 7.79. The highest BCUT2D eigenvalue weighted by Gasteiger charge is 2.04. The van der Waals surface area contributed by atoms with Gasteiger partial charge in [0.25, 0.3) is 5.56 Å². The molecule has 0 atom stereocenters. The Labute approximate surface area is 85.8 Å². The van der Waals surface area contributed by atoms with E-state index >= 15 is 0 Å². The Bertz CT molecular complexity index is 556. The quantitative estimate of drug-likeness (QED) is 0.512. The van der Waals surface area contributed by atoms with E-state index in [4.69, 9.17) is 12.6 Å². The molecule has 0 bridgehead atoms. The lowest BCUT2D eigenvalue weighted by atomic mass is 10.2. The topological polar surface area (TPSA) is 58.6 Å². The van der Waals surface area contributed by atoms with Crippen molar-refractivity contribution in [2.75, 3.05) is 0 Å². The smallest absolute Gasteiger partial charge is 0.259 e. The fourth-order valence-corrected chi connectivity index (χ4v) is 1.64. The Morgan fingerprint density at radius 3 is 2.79 bits per heavy atom. The molecule has 0 radical (unpaired) electrons. The summed E-state index contributed by atoms with van der Waals surface area (Å²) in [7, 11) is 0. The minimum atomic E-state index is -0.218. The zero-order valence-corrected chi connectivity index (χ0v) is 8.60. The third-order valence-corrected chi connectivity index (χ3v) is 2.17. The number of aromatic amines is 1. The molecule has 0 saturated carbocycles. The van der Waals surface area contributed by atoms with E-state index in [0.29, 0.717) is 11.0 Å². The molecule has 0 fully saturated rings. The Morgan fingerprint density at radius 2 is 2.07 bits per heavy atom. The molecule has 0 saturated heterocycles. The number of aromatic nitrogens is 3. The molecule has 0 amide bonds. The molecule has 2 rings (SSSR count). The summed E-state index contributed by atoms with van der Waals surface area (Å²) in [6.45, 7) is 3.72. The largest absolute Gasteiger partial charge is 0.742 e. The second-order valence-corrected chi connectivity index (χ2v) is 3.54. The normalized spacial score (nSPS) is 10.7. The van der Waals surface area contributed by atoms with Gasteiger partial charge in [-0.15, -0.1) is 0 Å². The number of aryl methyl sites for hydroxylation is 2. The molecular weight excluding hydrogens is 198 g/mol. The first kappa shape index (κ1) is 9.08. The van der Waals surface area contributed by atoms with Gasteiger partial charge in [-0.05, 0) is 30.6 Å². The Hall–Kier alpha value is -1.49. The molecule has 0 aliphatic rings. The standard InChI is InChI=1S/C9H9N3OS/c1-4-3-5(2)10-7-6(4)8(13)12-9(14)11-7/h3H,1-2H3,(H2,10,11,12,13,14)/p-1. The summed E-state index contributed by atoms with van der Waals surface area (Å²) < 4.78 is 0. The Balaban J connectivity index is 3.02. The number of hydrogen-bond acceptors (Lipinski definition) is 4. The van der Waals surface area contributed by atoms with Gasteiger partial charge >= 0.3 is 0 Å². The third kappa shape index (κ3) is 1.35. The lowest BCUT2D eigenvalue weighted by molar-refractivity contribution is 0.959. The van der Waals surface area contributed by atoms with Crippen LogP contribution < -0.4 is 5.56 Å². The van der Waals surface area contributed by atoms with Crippen LogP contribution in [0.2, 0.25) is 0 Å². The molecule has 0 spiro atoms. The monoisotopic (exact) mass is 206 g/mol. The van der Waals surface area contributed by atoms with Gasteiger partial charge in [0.15, 0.2) is 5.65 Å². The first-order chi connectivity index (χ1) is 6.58. The summed E-state index contributed by atoms with van der Waals surface area (Å²) in [5.41, 5.74) is 1.92. The SMILES string of the molecule is Cc1cc(C)c2c(=O)[nH]c([S-])nc2n1. The van der Waals surface area contributed by atoms with Crippen LogP contribution in [0.1, 0.15) is 11.3 Å². The van der Waals surface area contributed by atoms with Crippen LogP contribution in [0.3, 0.4) is 0 Å². The number of fused-ring (bicyclic) bond motifs is 1. The Kier molecular flexibility index (Phi) is 1.96.